The smallest absolute Gasteiger partial charge is 0.337 e. The zero-order chi connectivity index (χ0) is 14.7. The highest BCUT2D eigenvalue weighted by Crippen LogP contribution is 2.25. The Morgan fingerprint density at radius 3 is 2.85 bits per heavy atom. The number of methoxy groups -OCH3 is 1. The molecule has 0 aliphatic carbocycles. The van der Waals surface area contributed by atoms with Crippen LogP contribution in [0.15, 0.2) is 22.7 Å². The molecule has 1 aromatic carbocycles. The number of carbonyl (C=O) groups is 2. The summed E-state index contributed by atoms with van der Waals surface area (Å²) < 4.78 is 5.51. The predicted molar refractivity (Wildman–Crippen MR) is 78.1 cm³/mol. The van der Waals surface area contributed by atoms with Gasteiger partial charge in [0.25, 0.3) is 0 Å². The van der Waals surface area contributed by atoms with Gasteiger partial charge in [-0.2, -0.15) is 0 Å². The van der Waals surface area contributed by atoms with E-state index in [0.717, 1.165) is 29.4 Å². The molecule has 1 aromatic rings. The average Bonchev–Trinajstić information content (AvgIpc) is 2.88. The molecule has 0 spiro atoms. The van der Waals surface area contributed by atoms with E-state index in [1.165, 1.54) is 7.11 Å². The quantitative estimate of drug-likeness (QED) is 0.846. The number of esters is 1. The van der Waals surface area contributed by atoms with E-state index >= 15 is 0 Å². The maximum absolute atomic E-state index is 11.4. The molecule has 1 aliphatic rings. The summed E-state index contributed by atoms with van der Waals surface area (Å²) in [6.07, 6.45) is 1.79. The zero-order valence-corrected chi connectivity index (χ0v) is 12.9. The van der Waals surface area contributed by atoms with Gasteiger partial charge in [0.2, 0.25) is 5.91 Å². The number of hydrogen-bond acceptors (Lipinski definition) is 4. The Labute approximate surface area is 126 Å². The second-order valence-corrected chi connectivity index (χ2v) is 5.68. The molecule has 0 radical (unpaired) electrons. The molecule has 6 heteroatoms. The van der Waals surface area contributed by atoms with Gasteiger partial charge >= 0.3 is 5.97 Å². The first-order chi connectivity index (χ1) is 9.52. The normalized spacial score (nSPS) is 19.0. The number of amides is 1. The molecule has 1 heterocycles. The minimum Gasteiger partial charge on any atom is -0.465 e. The maximum atomic E-state index is 11.4. The number of benzene rings is 1. The van der Waals surface area contributed by atoms with E-state index in [1.54, 1.807) is 12.1 Å². The molecule has 0 saturated carbocycles. The molecule has 1 saturated heterocycles. The summed E-state index contributed by atoms with van der Waals surface area (Å²) in [6, 6.07) is 5.13. The van der Waals surface area contributed by atoms with E-state index in [-0.39, 0.29) is 17.9 Å². The van der Waals surface area contributed by atoms with Crippen molar-refractivity contribution in [2.75, 3.05) is 13.7 Å². The van der Waals surface area contributed by atoms with Gasteiger partial charge in [0.1, 0.15) is 0 Å². The molecule has 5 nitrogen and oxygen atoms in total. The van der Waals surface area contributed by atoms with Crippen molar-refractivity contribution in [1.29, 1.82) is 0 Å². The van der Waals surface area contributed by atoms with Crippen LogP contribution in [0.1, 0.15) is 28.8 Å². The van der Waals surface area contributed by atoms with Crippen LogP contribution in [0.5, 0.6) is 0 Å². The van der Waals surface area contributed by atoms with Crippen LogP contribution in [-0.4, -0.2) is 36.5 Å². The van der Waals surface area contributed by atoms with Gasteiger partial charge in [0.15, 0.2) is 0 Å². The van der Waals surface area contributed by atoms with Crippen molar-refractivity contribution in [1.82, 2.24) is 4.90 Å². The Morgan fingerprint density at radius 1 is 1.50 bits per heavy atom. The van der Waals surface area contributed by atoms with Crippen LogP contribution in [0.2, 0.25) is 0 Å². The fraction of sp³-hybridized carbons (Fsp3) is 0.429. The van der Waals surface area contributed by atoms with Gasteiger partial charge in [0.05, 0.1) is 18.7 Å². The first kappa shape index (κ1) is 15.0. The van der Waals surface area contributed by atoms with E-state index in [2.05, 4.69) is 25.6 Å². The maximum Gasteiger partial charge on any atom is 0.337 e. The fourth-order valence-corrected chi connectivity index (χ4v) is 2.98. The monoisotopic (exact) mass is 340 g/mol. The summed E-state index contributed by atoms with van der Waals surface area (Å²) in [6.45, 7) is 1.49. The highest BCUT2D eigenvalue weighted by molar-refractivity contribution is 9.10. The van der Waals surface area contributed by atoms with Crippen LogP contribution in [0.25, 0.3) is 0 Å². The first-order valence-corrected chi connectivity index (χ1v) is 7.22. The van der Waals surface area contributed by atoms with Crippen molar-refractivity contribution in [2.24, 2.45) is 5.73 Å². The predicted octanol–water partition coefficient (Wildman–Crippen LogP) is 1.69. The van der Waals surface area contributed by atoms with Crippen molar-refractivity contribution in [3.05, 3.63) is 33.8 Å². The Balaban J connectivity index is 2.14. The molecule has 1 atom stereocenters. The Bertz CT molecular complexity index is 533. The highest BCUT2D eigenvalue weighted by atomic mass is 79.9. The van der Waals surface area contributed by atoms with Gasteiger partial charge in [-0.15, -0.1) is 0 Å². The minimum absolute atomic E-state index is 0.192. The average molecular weight is 341 g/mol. The number of nitrogens with two attached hydrogens (primary N) is 1. The molecule has 2 rings (SSSR count). The molecule has 20 heavy (non-hydrogen) atoms. The second kappa shape index (κ2) is 6.37. The number of rotatable bonds is 4. The lowest BCUT2D eigenvalue weighted by atomic mass is 10.1. The van der Waals surface area contributed by atoms with Crippen molar-refractivity contribution < 1.29 is 14.3 Å². The fourth-order valence-electron chi connectivity index (χ4n) is 2.48. The third-order valence-corrected chi connectivity index (χ3v) is 4.28. The Kier molecular flexibility index (Phi) is 4.77. The van der Waals surface area contributed by atoms with E-state index in [4.69, 9.17) is 5.73 Å². The number of nitrogens with zero attached hydrogens (tertiary/aromatic N) is 1. The number of hydrogen-bond donors (Lipinski definition) is 1. The van der Waals surface area contributed by atoms with E-state index in [9.17, 15) is 9.59 Å². The molecular formula is C14H17BrN2O3. The summed E-state index contributed by atoms with van der Waals surface area (Å²) >= 11 is 3.46. The molecule has 1 aliphatic heterocycles. The lowest BCUT2D eigenvalue weighted by molar-refractivity contribution is -0.122. The molecule has 0 bridgehead atoms. The molecule has 1 unspecified atom stereocenters. The van der Waals surface area contributed by atoms with Gasteiger partial charge in [-0.3, -0.25) is 9.69 Å². The lowest BCUT2D eigenvalue weighted by Crippen LogP contribution is -2.39. The largest absolute Gasteiger partial charge is 0.465 e. The van der Waals surface area contributed by atoms with Crippen molar-refractivity contribution in [3.63, 3.8) is 0 Å². The Morgan fingerprint density at radius 2 is 2.25 bits per heavy atom. The number of ether oxygens (including phenoxy) is 1. The Hall–Kier alpha value is -1.40. The summed E-state index contributed by atoms with van der Waals surface area (Å²) in [5.74, 6) is -0.641. The van der Waals surface area contributed by atoms with E-state index in [0.29, 0.717) is 12.1 Å². The molecular weight excluding hydrogens is 324 g/mol. The molecule has 2 N–H and O–H groups in total. The van der Waals surface area contributed by atoms with Crippen molar-refractivity contribution >= 4 is 27.8 Å². The van der Waals surface area contributed by atoms with Gasteiger partial charge in [-0.1, -0.05) is 22.0 Å². The van der Waals surface area contributed by atoms with Gasteiger partial charge in [0, 0.05) is 11.0 Å². The lowest BCUT2D eigenvalue weighted by Gasteiger charge is -2.22. The minimum atomic E-state index is -0.367. The highest BCUT2D eigenvalue weighted by Gasteiger charge is 2.29. The summed E-state index contributed by atoms with van der Waals surface area (Å²) in [4.78, 5) is 24.9. The summed E-state index contributed by atoms with van der Waals surface area (Å²) in [5.41, 5.74) is 6.92. The van der Waals surface area contributed by atoms with Gasteiger partial charge in [-0.25, -0.2) is 4.79 Å². The number of likely N-dealkylation sites (tertiary alicyclic amines) is 1. The summed E-state index contributed by atoms with van der Waals surface area (Å²) in [7, 11) is 1.35. The first-order valence-electron chi connectivity index (χ1n) is 6.43. The SMILES string of the molecule is COC(=O)c1ccc(CN2CCCC2C(N)=O)c(Br)c1. The molecule has 108 valence electrons. The molecule has 0 aromatic heterocycles. The molecule has 1 amide bonds. The van der Waals surface area contributed by atoms with Crippen molar-refractivity contribution in [2.45, 2.75) is 25.4 Å². The second-order valence-electron chi connectivity index (χ2n) is 4.83. The third kappa shape index (κ3) is 3.19. The van der Waals surface area contributed by atoms with E-state index in [1.807, 2.05) is 6.07 Å². The van der Waals surface area contributed by atoms with Crippen LogP contribution in [0.3, 0.4) is 0 Å². The zero-order valence-electron chi connectivity index (χ0n) is 11.3. The number of halogens is 1. The third-order valence-electron chi connectivity index (χ3n) is 3.54. The van der Waals surface area contributed by atoms with Crippen LogP contribution in [0, 0.1) is 0 Å². The van der Waals surface area contributed by atoms with Gasteiger partial charge in [-0.05, 0) is 37.1 Å². The number of primary amides is 1. The van der Waals surface area contributed by atoms with Crippen LogP contribution < -0.4 is 5.73 Å². The number of carbonyl (C=O) groups excluding carboxylic acids is 2. The van der Waals surface area contributed by atoms with Crippen LogP contribution >= 0.6 is 15.9 Å². The van der Waals surface area contributed by atoms with Gasteiger partial charge < -0.3 is 10.5 Å². The van der Waals surface area contributed by atoms with Crippen LogP contribution in [-0.2, 0) is 16.1 Å². The van der Waals surface area contributed by atoms with Crippen molar-refractivity contribution in [3.8, 4) is 0 Å². The van der Waals surface area contributed by atoms with E-state index < -0.39 is 0 Å². The summed E-state index contributed by atoms with van der Waals surface area (Å²) in [5, 5.41) is 0. The van der Waals surface area contributed by atoms with Crippen LogP contribution in [0.4, 0.5) is 0 Å². The molecule has 1 fully saturated rings. The topological polar surface area (TPSA) is 72.6 Å². The standard InChI is InChI=1S/C14H17BrN2O3/c1-20-14(19)9-4-5-10(11(15)7-9)8-17-6-2-3-12(17)13(16)18/h4-5,7,12H,2-3,6,8H2,1H3,(H2,16,18).